The van der Waals surface area contributed by atoms with Crippen LogP contribution in [0.1, 0.15) is 13.8 Å². The Morgan fingerprint density at radius 2 is 2.00 bits per heavy atom. The van der Waals surface area contributed by atoms with Crippen LogP contribution in [0.5, 0.6) is 0 Å². The van der Waals surface area contributed by atoms with E-state index in [0.29, 0.717) is 0 Å². The van der Waals surface area contributed by atoms with Crippen molar-refractivity contribution in [3.8, 4) is 0 Å². The number of nitrogens with one attached hydrogen (secondary N) is 1. The van der Waals surface area contributed by atoms with E-state index < -0.39 is 5.54 Å². The summed E-state index contributed by atoms with van der Waals surface area (Å²) >= 11 is 0. The first-order valence-electron chi connectivity index (χ1n) is 2.28. The molecule has 4 heteroatoms. The van der Waals surface area contributed by atoms with E-state index >= 15 is 0 Å². The van der Waals surface area contributed by atoms with Crippen LogP contribution in [0.3, 0.4) is 0 Å². The third-order valence-corrected chi connectivity index (χ3v) is 0.716. The summed E-state index contributed by atoms with van der Waals surface area (Å²) in [6.45, 7) is 3.16. The Bertz CT molecular complexity index is 93.9. The van der Waals surface area contributed by atoms with Crippen LogP contribution < -0.4 is 17.0 Å². The van der Waals surface area contributed by atoms with Crippen molar-refractivity contribution in [1.82, 2.24) is 5.43 Å². The lowest BCUT2D eigenvalue weighted by molar-refractivity contribution is -0.125. The number of nitrogens with two attached hydrogens (primary N) is 2. The Morgan fingerprint density at radius 1 is 1.62 bits per heavy atom. The van der Waals surface area contributed by atoms with Gasteiger partial charge in [-0.05, 0) is 13.8 Å². The van der Waals surface area contributed by atoms with Crippen LogP contribution in [-0.4, -0.2) is 11.4 Å². The van der Waals surface area contributed by atoms with Crippen molar-refractivity contribution < 1.29 is 4.79 Å². The second-order valence-electron chi connectivity index (χ2n) is 2.20. The SMILES string of the molecule is CC(C)(N)C(=O)NN. The quantitative estimate of drug-likeness (QED) is 0.227. The van der Waals surface area contributed by atoms with Gasteiger partial charge in [0.2, 0.25) is 0 Å². The Labute approximate surface area is 48.2 Å². The summed E-state index contributed by atoms with van der Waals surface area (Å²) in [5.74, 6) is 4.42. The fourth-order valence-corrected chi connectivity index (χ4v) is 0.186. The summed E-state index contributed by atoms with van der Waals surface area (Å²) in [5, 5.41) is 0. The van der Waals surface area contributed by atoms with Gasteiger partial charge in [-0.15, -0.1) is 0 Å². The molecule has 0 fully saturated rings. The highest BCUT2D eigenvalue weighted by Crippen LogP contribution is 1.92. The van der Waals surface area contributed by atoms with E-state index in [1.54, 1.807) is 13.8 Å². The lowest BCUT2D eigenvalue weighted by Crippen LogP contribution is -2.51. The Hall–Kier alpha value is -0.610. The van der Waals surface area contributed by atoms with Crippen molar-refractivity contribution in [2.45, 2.75) is 19.4 Å². The largest absolute Gasteiger partial charge is 0.318 e. The molecule has 0 saturated heterocycles. The van der Waals surface area contributed by atoms with Crippen molar-refractivity contribution in [1.29, 1.82) is 0 Å². The molecule has 5 N–H and O–H groups in total. The van der Waals surface area contributed by atoms with E-state index in [2.05, 4.69) is 0 Å². The Kier molecular flexibility index (Phi) is 1.94. The van der Waals surface area contributed by atoms with E-state index in [4.69, 9.17) is 11.6 Å². The third kappa shape index (κ3) is 1.90. The van der Waals surface area contributed by atoms with Crippen molar-refractivity contribution in [2.24, 2.45) is 11.6 Å². The highest BCUT2D eigenvalue weighted by Gasteiger charge is 2.19. The number of carbonyl (C=O) groups is 1. The summed E-state index contributed by atoms with van der Waals surface area (Å²) in [7, 11) is 0. The maximum Gasteiger partial charge on any atom is 0.253 e. The van der Waals surface area contributed by atoms with Gasteiger partial charge in [-0.1, -0.05) is 0 Å². The van der Waals surface area contributed by atoms with Gasteiger partial charge in [0.1, 0.15) is 0 Å². The van der Waals surface area contributed by atoms with E-state index in [1.807, 2.05) is 5.43 Å². The number of hydrogen-bond acceptors (Lipinski definition) is 3. The molecular formula is C4H11N3O. The van der Waals surface area contributed by atoms with Gasteiger partial charge in [0, 0.05) is 0 Å². The predicted octanol–water partition coefficient (Wildman–Crippen LogP) is -1.29. The van der Waals surface area contributed by atoms with Gasteiger partial charge >= 0.3 is 0 Å². The molecule has 0 aromatic rings. The standard InChI is InChI=1S/C4H11N3O/c1-4(2,5)3(8)7-6/h5-6H2,1-2H3,(H,7,8). The van der Waals surface area contributed by atoms with Gasteiger partial charge in [-0.3, -0.25) is 10.2 Å². The molecule has 0 aliphatic heterocycles. The number of hydrogen-bond donors (Lipinski definition) is 3. The first kappa shape index (κ1) is 7.39. The zero-order valence-electron chi connectivity index (χ0n) is 5.06. The second kappa shape index (κ2) is 2.11. The lowest BCUT2D eigenvalue weighted by Gasteiger charge is -2.14. The lowest BCUT2D eigenvalue weighted by atomic mass is 10.1. The van der Waals surface area contributed by atoms with Crippen molar-refractivity contribution in [3.05, 3.63) is 0 Å². The zero-order valence-corrected chi connectivity index (χ0v) is 5.06. The molecule has 0 aliphatic carbocycles. The molecule has 0 saturated carbocycles. The van der Waals surface area contributed by atoms with Crippen LogP contribution in [-0.2, 0) is 4.79 Å². The third-order valence-electron chi connectivity index (χ3n) is 0.716. The first-order chi connectivity index (χ1) is 3.48. The van der Waals surface area contributed by atoms with Gasteiger partial charge < -0.3 is 5.73 Å². The second-order valence-corrected chi connectivity index (χ2v) is 2.20. The van der Waals surface area contributed by atoms with Crippen LogP contribution in [0.15, 0.2) is 0 Å². The average Bonchev–Trinajstić information content (AvgIpc) is 1.62. The van der Waals surface area contributed by atoms with Gasteiger partial charge in [-0.25, -0.2) is 5.84 Å². The summed E-state index contributed by atoms with van der Waals surface area (Å²) < 4.78 is 0. The summed E-state index contributed by atoms with van der Waals surface area (Å²) in [6, 6.07) is 0. The van der Waals surface area contributed by atoms with Crippen molar-refractivity contribution in [2.75, 3.05) is 0 Å². The minimum absolute atomic E-state index is 0.363. The van der Waals surface area contributed by atoms with Crippen LogP contribution in [0, 0.1) is 0 Å². The molecule has 0 aromatic carbocycles. The summed E-state index contributed by atoms with van der Waals surface area (Å²) in [6.07, 6.45) is 0. The number of carbonyl (C=O) groups excluding carboxylic acids is 1. The van der Waals surface area contributed by atoms with Gasteiger partial charge in [-0.2, -0.15) is 0 Å². The highest BCUT2D eigenvalue weighted by atomic mass is 16.2. The molecule has 0 unspecified atom stereocenters. The normalized spacial score (nSPS) is 11.0. The monoisotopic (exact) mass is 117 g/mol. The van der Waals surface area contributed by atoms with Crippen LogP contribution in [0.4, 0.5) is 0 Å². The van der Waals surface area contributed by atoms with Crippen molar-refractivity contribution in [3.63, 3.8) is 0 Å². The Balaban J connectivity index is 3.82. The van der Waals surface area contributed by atoms with Gasteiger partial charge in [0.05, 0.1) is 5.54 Å². The molecule has 0 heterocycles. The molecule has 0 radical (unpaired) electrons. The maximum absolute atomic E-state index is 10.5. The molecule has 48 valence electrons. The van der Waals surface area contributed by atoms with E-state index in [1.165, 1.54) is 0 Å². The molecule has 1 amide bonds. The highest BCUT2D eigenvalue weighted by molar-refractivity contribution is 5.84. The first-order valence-corrected chi connectivity index (χ1v) is 2.28. The molecule has 4 nitrogen and oxygen atoms in total. The fraction of sp³-hybridized carbons (Fsp3) is 0.750. The van der Waals surface area contributed by atoms with Gasteiger partial charge in [0.15, 0.2) is 0 Å². The fourth-order valence-electron chi connectivity index (χ4n) is 0.186. The summed E-state index contributed by atoms with van der Waals surface area (Å²) in [5.41, 5.74) is 6.37. The van der Waals surface area contributed by atoms with Crippen LogP contribution in [0.2, 0.25) is 0 Å². The minimum Gasteiger partial charge on any atom is -0.318 e. The maximum atomic E-state index is 10.5. The topological polar surface area (TPSA) is 81.1 Å². The smallest absolute Gasteiger partial charge is 0.253 e. The molecule has 0 bridgehead atoms. The molecule has 0 aromatic heterocycles. The van der Waals surface area contributed by atoms with E-state index in [9.17, 15) is 4.79 Å². The number of amides is 1. The zero-order chi connectivity index (χ0) is 6.78. The van der Waals surface area contributed by atoms with Crippen molar-refractivity contribution >= 4 is 5.91 Å². The molecule has 0 atom stereocenters. The van der Waals surface area contributed by atoms with E-state index in [-0.39, 0.29) is 5.91 Å². The molecular weight excluding hydrogens is 106 g/mol. The summed E-state index contributed by atoms with van der Waals surface area (Å²) in [4.78, 5) is 10.5. The molecule has 0 rings (SSSR count). The number of rotatable bonds is 1. The Morgan fingerprint density at radius 3 is 2.00 bits per heavy atom. The molecule has 0 spiro atoms. The van der Waals surface area contributed by atoms with Gasteiger partial charge in [0.25, 0.3) is 5.91 Å². The van der Waals surface area contributed by atoms with Crippen LogP contribution in [0.25, 0.3) is 0 Å². The molecule has 8 heavy (non-hydrogen) atoms. The average molecular weight is 117 g/mol. The number of hydrazine groups is 1. The minimum atomic E-state index is -0.866. The van der Waals surface area contributed by atoms with Crippen LogP contribution >= 0.6 is 0 Å². The predicted molar refractivity (Wildman–Crippen MR) is 30.6 cm³/mol. The molecule has 0 aliphatic rings. The van der Waals surface area contributed by atoms with E-state index in [0.717, 1.165) is 0 Å².